The molecule has 0 atom stereocenters. The average Bonchev–Trinajstić information content (AvgIpc) is 3.62. The summed E-state index contributed by atoms with van der Waals surface area (Å²) in [5.41, 5.74) is -3.70. The molecule has 8 aromatic rings. The van der Waals surface area contributed by atoms with E-state index in [1.807, 2.05) is 12.1 Å². The van der Waals surface area contributed by atoms with E-state index in [1.54, 1.807) is 55.6 Å². The van der Waals surface area contributed by atoms with Gasteiger partial charge in [0, 0.05) is 55.8 Å². The highest BCUT2D eigenvalue weighted by Crippen LogP contribution is 2.22. The van der Waals surface area contributed by atoms with Crippen LogP contribution in [-0.2, 0) is 21.1 Å². The summed E-state index contributed by atoms with van der Waals surface area (Å²) in [5.74, 6) is 6.61. The Morgan fingerprint density at radius 1 is 0.576 bits per heavy atom. The number of rotatable bonds is 2. The number of hydrogen-bond donors (Lipinski definition) is 0. The van der Waals surface area contributed by atoms with E-state index in [0.717, 1.165) is 33.4 Å². The number of aryl methyl sites for hydroxylation is 3. The Morgan fingerprint density at radius 3 is 1.51 bits per heavy atom. The second-order valence-electron chi connectivity index (χ2n) is 12.8. The highest BCUT2D eigenvalue weighted by molar-refractivity contribution is 6.34. The summed E-state index contributed by atoms with van der Waals surface area (Å²) in [6, 6.07) is 23.2. The molecule has 11 nitrogen and oxygen atoms in total. The van der Waals surface area contributed by atoms with Crippen molar-refractivity contribution in [3.63, 3.8) is 0 Å². The van der Waals surface area contributed by atoms with E-state index in [9.17, 15) is 36.7 Å². The third kappa shape index (κ3) is 7.58. The van der Waals surface area contributed by atoms with E-state index < -0.39 is 57.1 Å². The molecule has 0 aliphatic heterocycles. The molecule has 0 unspecified atom stereocenters. The van der Waals surface area contributed by atoms with Crippen molar-refractivity contribution in [1.29, 1.82) is 0 Å². The quantitative estimate of drug-likeness (QED) is 0.168. The molecule has 0 bridgehead atoms. The Balaban J connectivity index is 0.000000179. The summed E-state index contributed by atoms with van der Waals surface area (Å²) in [4.78, 5) is 54.9. The first kappa shape index (κ1) is 39.5. The maximum atomic E-state index is 14.8. The van der Waals surface area contributed by atoms with Gasteiger partial charge in [-0.25, -0.2) is 41.3 Å². The van der Waals surface area contributed by atoms with Crippen LogP contribution in [0, 0.1) is 47.0 Å². The molecule has 0 saturated heterocycles. The molecule has 4 heterocycles. The molecule has 0 amide bonds. The summed E-state index contributed by atoms with van der Waals surface area (Å²) >= 11 is 6.06. The van der Waals surface area contributed by atoms with E-state index in [0.29, 0.717) is 20.3 Å². The van der Waals surface area contributed by atoms with Crippen molar-refractivity contribution in [1.82, 2.24) is 33.0 Å². The molecule has 0 aliphatic rings. The second kappa shape index (κ2) is 16.0. The van der Waals surface area contributed by atoms with Gasteiger partial charge in [-0.2, -0.15) is 5.10 Å². The summed E-state index contributed by atoms with van der Waals surface area (Å²) in [6.07, 6.45) is 2.67. The van der Waals surface area contributed by atoms with Gasteiger partial charge in [0.05, 0.1) is 10.5 Å². The Kier molecular flexibility index (Phi) is 10.7. The molecule has 0 spiro atoms. The minimum atomic E-state index is -1.10. The van der Waals surface area contributed by atoms with Gasteiger partial charge in [-0.05, 0) is 54.6 Å². The first-order valence-electron chi connectivity index (χ1n) is 17.3. The summed E-state index contributed by atoms with van der Waals surface area (Å²) in [5, 5.41) is 4.23. The molecule has 8 rings (SSSR count). The first-order chi connectivity index (χ1) is 28.2. The fourth-order valence-electron chi connectivity index (χ4n) is 6.10. The van der Waals surface area contributed by atoms with Crippen LogP contribution in [0.4, 0.5) is 17.6 Å². The van der Waals surface area contributed by atoms with Crippen LogP contribution in [0.1, 0.15) is 22.3 Å². The Hall–Kier alpha value is -7.75. The smallest absolute Gasteiger partial charge is 0.293 e. The van der Waals surface area contributed by atoms with Crippen molar-refractivity contribution >= 4 is 33.7 Å². The minimum Gasteiger partial charge on any atom is -0.293 e. The van der Waals surface area contributed by atoms with Crippen molar-refractivity contribution in [2.45, 2.75) is 0 Å². The highest BCUT2D eigenvalue weighted by Gasteiger charge is 2.23. The van der Waals surface area contributed by atoms with Gasteiger partial charge in [0.25, 0.3) is 11.1 Å². The molecule has 4 aromatic carbocycles. The maximum absolute atomic E-state index is 14.8. The van der Waals surface area contributed by atoms with Crippen LogP contribution in [0.3, 0.4) is 0 Å². The summed E-state index contributed by atoms with van der Waals surface area (Å²) in [7, 11) is 4.29. The van der Waals surface area contributed by atoms with E-state index >= 15 is 0 Å². The van der Waals surface area contributed by atoms with E-state index in [2.05, 4.69) is 33.8 Å². The second-order valence-corrected chi connectivity index (χ2v) is 13.2. The lowest BCUT2D eigenvalue weighted by Crippen LogP contribution is -2.39. The third-order valence-electron chi connectivity index (χ3n) is 8.86. The number of hydrogen-bond acceptors (Lipinski definition) is 6. The number of fused-ring (bicyclic) bond motifs is 2. The monoisotopic (exact) mass is 815 g/mol. The fourth-order valence-corrected chi connectivity index (χ4v) is 6.37. The van der Waals surface area contributed by atoms with E-state index in [1.165, 1.54) is 37.2 Å². The Bertz CT molecular complexity index is 3330. The Labute approximate surface area is 335 Å². The maximum Gasteiger partial charge on any atom is 0.337 e. The predicted octanol–water partition coefficient (Wildman–Crippen LogP) is 5.52. The molecular weight excluding hydrogens is 790 g/mol. The van der Waals surface area contributed by atoms with Gasteiger partial charge in [0.2, 0.25) is 0 Å². The van der Waals surface area contributed by atoms with Gasteiger partial charge in [0.15, 0.2) is 34.4 Å². The molecular formula is C43H26ClF4N7O4. The van der Waals surface area contributed by atoms with Gasteiger partial charge in [-0.15, -0.1) is 0 Å². The van der Waals surface area contributed by atoms with Gasteiger partial charge < -0.3 is 0 Å². The number of halogens is 5. The lowest BCUT2D eigenvalue weighted by atomic mass is 10.1. The molecule has 0 aliphatic carbocycles. The number of pyridine rings is 1. The zero-order valence-corrected chi connectivity index (χ0v) is 31.7. The SMILES string of the molecule is Cn1c(=O)n(-c2c(F)cc(C#Cc3ccccc3)cc2F)c(=O)c2nccc(Cl)c21.Cn1cc2c(=O)n(-c3c(F)cc(C#Cc4ccccc4)cc3F)c(=O)n(C)c2n1. The van der Waals surface area contributed by atoms with Crippen molar-refractivity contribution in [2.75, 3.05) is 0 Å². The third-order valence-corrected chi connectivity index (χ3v) is 9.17. The molecule has 16 heteroatoms. The van der Waals surface area contributed by atoms with Crippen LogP contribution in [-0.4, -0.2) is 33.0 Å². The number of benzene rings is 4. The topological polar surface area (TPSA) is 119 Å². The molecule has 292 valence electrons. The standard InChI is InChI=1S/C22H12ClF2N3O2.C21H14F2N4O2/c1-27-19-15(23)9-10-26-18(19)21(29)28(22(27)30)20-16(24)11-14(12-17(20)25)8-7-13-5-3-2-4-6-13;1-25-12-15-19(24-25)26(2)21(29)27(20(15)28)18-16(22)10-14(11-17(18)23)9-8-13-6-4-3-5-7-13/h2-6,9-12H,1H3;3-7,10-12H,1-2H3. The zero-order valence-electron chi connectivity index (χ0n) is 31.0. The van der Waals surface area contributed by atoms with Gasteiger partial charge in [-0.3, -0.25) is 23.4 Å². The minimum absolute atomic E-state index is 0.0597. The fraction of sp³-hybridized carbons (Fsp3) is 0.0698. The Morgan fingerprint density at radius 2 is 1.02 bits per heavy atom. The van der Waals surface area contributed by atoms with Crippen LogP contribution in [0.15, 0.2) is 123 Å². The lowest BCUT2D eigenvalue weighted by Gasteiger charge is -2.12. The van der Waals surface area contributed by atoms with Crippen molar-refractivity contribution in [2.24, 2.45) is 21.1 Å². The molecule has 59 heavy (non-hydrogen) atoms. The van der Waals surface area contributed by atoms with Crippen LogP contribution in [0.25, 0.3) is 33.4 Å². The average molecular weight is 816 g/mol. The van der Waals surface area contributed by atoms with Gasteiger partial charge in [0.1, 0.15) is 16.8 Å². The van der Waals surface area contributed by atoms with Crippen molar-refractivity contribution in [3.8, 4) is 35.1 Å². The molecule has 0 saturated carbocycles. The highest BCUT2D eigenvalue weighted by atomic mass is 35.5. The van der Waals surface area contributed by atoms with Crippen LogP contribution in [0.5, 0.6) is 0 Å². The molecule has 0 N–H and O–H groups in total. The zero-order chi connectivity index (χ0) is 42.1. The normalized spacial score (nSPS) is 10.7. The molecule has 0 radical (unpaired) electrons. The number of nitrogens with zero attached hydrogens (tertiary/aromatic N) is 7. The van der Waals surface area contributed by atoms with E-state index in [-0.39, 0.29) is 38.2 Å². The number of aromatic nitrogens is 7. The predicted molar refractivity (Wildman–Crippen MR) is 214 cm³/mol. The van der Waals surface area contributed by atoms with Crippen molar-refractivity contribution in [3.05, 3.63) is 196 Å². The van der Waals surface area contributed by atoms with Gasteiger partial charge in [-0.1, -0.05) is 71.7 Å². The summed E-state index contributed by atoms with van der Waals surface area (Å²) in [6.45, 7) is 0. The van der Waals surface area contributed by atoms with Crippen LogP contribution >= 0.6 is 11.6 Å². The summed E-state index contributed by atoms with van der Waals surface area (Å²) < 4.78 is 63.6. The van der Waals surface area contributed by atoms with Gasteiger partial charge >= 0.3 is 11.4 Å². The largest absolute Gasteiger partial charge is 0.337 e. The molecule has 4 aromatic heterocycles. The van der Waals surface area contributed by atoms with E-state index in [4.69, 9.17) is 11.6 Å². The first-order valence-corrected chi connectivity index (χ1v) is 17.7. The molecule has 0 fully saturated rings. The van der Waals surface area contributed by atoms with Crippen LogP contribution < -0.4 is 22.5 Å². The van der Waals surface area contributed by atoms with Crippen LogP contribution in [0.2, 0.25) is 5.02 Å². The van der Waals surface area contributed by atoms with Crippen molar-refractivity contribution < 1.29 is 17.6 Å². The lowest BCUT2D eigenvalue weighted by molar-refractivity contribution is 0.558.